The van der Waals surface area contributed by atoms with Gasteiger partial charge in [0.15, 0.2) is 0 Å². The molecule has 2 aromatic rings. The van der Waals surface area contributed by atoms with Crippen LogP contribution in [0.3, 0.4) is 0 Å². The zero-order valence-electron chi connectivity index (χ0n) is 11.7. The molecule has 0 spiro atoms. The first-order valence-corrected chi connectivity index (χ1v) is 7.05. The average Bonchev–Trinajstić information content (AvgIpc) is 2.53. The Morgan fingerprint density at radius 3 is 2.19 bits per heavy atom. The highest BCUT2D eigenvalue weighted by Crippen LogP contribution is 2.34. The number of anilines is 1. The molecule has 0 saturated carbocycles. The van der Waals surface area contributed by atoms with Gasteiger partial charge >= 0.3 is 0 Å². The number of rotatable bonds is 4. The number of β-lactam (4-membered cyclic amide) rings is 1. The molecule has 2 heteroatoms. The van der Waals surface area contributed by atoms with Crippen LogP contribution in [0.5, 0.6) is 0 Å². The van der Waals surface area contributed by atoms with E-state index >= 15 is 0 Å². The summed E-state index contributed by atoms with van der Waals surface area (Å²) >= 11 is 0. The van der Waals surface area contributed by atoms with Crippen LogP contribution in [0, 0.1) is 5.92 Å². The summed E-state index contributed by atoms with van der Waals surface area (Å²) in [5, 5.41) is 0. The minimum Gasteiger partial charge on any atom is -0.304 e. The molecule has 3 rings (SSSR count). The van der Waals surface area contributed by atoms with E-state index in [2.05, 4.69) is 18.7 Å². The summed E-state index contributed by atoms with van der Waals surface area (Å²) in [7, 11) is 0. The predicted molar refractivity (Wildman–Crippen MR) is 86.9 cm³/mol. The zero-order chi connectivity index (χ0) is 14.7. The van der Waals surface area contributed by atoms with Gasteiger partial charge in [0.1, 0.15) is 0 Å². The molecule has 2 atom stereocenters. The van der Waals surface area contributed by atoms with Crippen LogP contribution in [0.2, 0.25) is 0 Å². The highest BCUT2D eigenvalue weighted by molar-refractivity contribution is 6.05. The molecular formula is C19H17NO. The number of carbonyl (C=O) groups excluding carboxylic acids is 1. The van der Waals surface area contributed by atoms with E-state index in [9.17, 15) is 4.79 Å². The highest BCUT2D eigenvalue weighted by atomic mass is 16.2. The third-order valence-corrected chi connectivity index (χ3v) is 3.76. The van der Waals surface area contributed by atoms with Crippen LogP contribution in [0.4, 0.5) is 5.69 Å². The van der Waals surface area contributed by atoms with E-state index in [1.54, 1.807) is 6.08 Å². The van der Waals surface area contributed by atoms with Crippen molar-refractivity contribution < 1.29 is 4.79 Å². The topological polar surface area (TPSA) is 20.3 Å². The van der Waals surface area contributed by atoms with Crippen molar-refractivity contribution in [2.45, 2.75) is 6.04 Å². The van der Waals surface area contributed by atoms with Crippen molar-refractivity contribution in [2.75, 3.05) is 4.90 Å². The van der Waals surface area contributed by atoms with Crippen LogP contribution in [0.1, 0.15) is 5.56 Å². The lowest BCUT2D eigenvalue weighted by Gasteiger charge is -2.44. The summed E-state index contributed by atoms with van der Waals surface area (Å²) in [4.78, 5) is 14.1. The van der Waals surface area contributed by atoms with E-state index in [0.29, 0.717) is 0 Å². The van der Waals surface area contributed by atoms with Crippen LogP contribution in [-0.4, -0.2) is 11.9 Å². The first kappa shape index (κ1) is 13.4. The third kappa shape index (κ3) is 2.52. The van der Waals surface area contributed by atoms with Gasteiger partial charge in [0, 0.05) is 5.69 Å². The number of hydrogen-bond donors (Lipinski definition) is 0. The summed E-state index contributed by atoms with van der Waals surface area (Å²) in [6.45, 7) is 3.79. The van der Waals surface area contributed by atoms with E-state index in [1.165, 1.54) is 0 Å². The van der Waals surface area contributed by atoms with E-state index in [4.69, 9.17) is 0 Å². The first-order valence-electron chi connectivity index (χ1n) is 7.05. The van der Waals surface area contributed by atoms with Gasteiger partial charge in [-0.25, -0.2) is 0 Å². The number of carbonyl (C=O) groups is 1. The standard InChI is InChI=1S/C19H17NO/c1-2-17-18(14-13-15-9-5-3-6-10-15)20(19(17)21)16-11-7-4-8-12-16/h2-14,17-18H,1H2/b14-13+/t17-,18-/m0/s1. The van der Waals surface area contributed by atoms with Gasteiger partial charge in [-0.3, -0.25) is 4.79 Å². The Kier molecular flexibility index (Phi) is 3.69. The van der Waals surface area contributed by atoms with Crippen LogP contribution < -0.4 is 4.90 Å². The second-order valence-corrected chi connectivity index (χ2v) is 5.07. The largest absolute Gasteiger partial charge is 0.304 e. The van der Waals surface area contributed by atoms with Crippen molar-refractivity contribution in [1.29, 1.82) is 0 Å². The predicted octanol–water partition coefficient (Wildman–Crippen LogP) is 3.92. The summed E-state index contributed by atoms with van der Waals surface area (Å²) in [5.41, 5.74) is 2.07. The molecule has 1 aliphatic heterocycles. The van der Waals surface area contributed by atoms with Crippen molar-refractivity contribution in [2.24, 2.45) is 5.92 Å². The van der Waals surface area contributed by atoms with Gasteiger partial charge in [-0.1, -0.05) is 66.8 Å². The van der Waals surface area contributed by atoms with Gasteiger partial charge in [-0.15, -0.1) is 6.58 Å². The second-order valence-electron chi connectivity index (χ2n) is 5.07. The van der Waals surface area contributed by atoms with E-state index < -0.39 is 0 Å². The van der Waals surface area contributed by atoms with Crippen LogP contribution in [-0.2, 0) is 4.79 Å². The normalized spacial score (nSPS) is 21.3. The number of nitrogens with zero attached hydrogens (tertiary/aromatic N) is 1. The smallest absolute Gasteiger partial charge is 0.236 e. The van der Waals surface area contributed by atoms with Gasteiger partial charge in [0.25, 0.3) is 0 Å². The Bertz CT molecular complexity index is 660. The lowest BCUT2D eigenvalue weighted by Crippen LogP contribution is -2.59. The van der Waals surface area contributed by atoms with Gasteiger partial charge < -0.3 is 4.90 Å². The molecule has 21 heavy (non-hydrogen) atoms. The molecule has 1 aliphatic rings. The summed E-state index contributed by atoms with van der Waals surface area (Å²) in [6.07, 6.45) is 5.88. The highest BCUT2D eigenvalue weighted by Gasteiger charge is 2.44. The zero-order valence-corrected chi connectivity index (χ0v) is 11.7. The van der Waals surface area contributed by atoms with Gasteiger partial charge in [0.2, 0.25) is 5.91 Å². The fraction of sp³-hybridized carbons (Fsp3) is 0.105. The molecule has 0 unspecified atom stereocenters. The van der Waals surface area contributed by atoms with Crippen LogP contribution in [0.15, 0.2) is 79.4 Å². The van der Waals surface area contributed by atoms with Crippen molar-refractivity contribution in [3.8, 4) is 0 Å². The molecule has 0 aromatic heterocycles. The lowest BCUT2D eigenvalue weighted by atomic mass is 9.86. The maximum absolute atomic E-state index is 12.2. The molecule has 2 nitrogen and oxygen atoms in total. The SMILES string of the molecule is C=C[C@@H]1C(=O)N(c2ccccc2)[C@H]1/C=C/c1ccccc1. The van der Waals surface area contributed by atoms with E-state index in [0.717, 1.165) is 11.3 Å². The Labute approximate surface area is 125 Å². The third-order valence-electron chi connectivity index (χ3n) is 3.76. The molecule has 104 valence electrons. The first-order chi connectivity index (χ1) is 10.3. The Morgan fingerprint density at radius 1 is 0.952 bits per heavy atom. The van der Waals surface area contributed by atoms with Crippen LogP contribution >= 0.6 is 0 Å². The minimum atomic E-state index is -0.134. The number of para-hydroxylation sites is 1. The molecule has 1 amide bonds. The average molecular weight is 275 g/mol. The Hall–Kier alpha value is -2.61. The molecule has 1 heterocycles. The summed E-state index contributed by atoms with van der Waals surface area (Å²) in [5.74, 6) is -0.0240. The van der Waals surface area contributed by atoms with Gasteiger partial charge in [-0.2, -0.15) is 0 Å². The minimum absolute atomic E-state index is 0.0395. The molecule has 0 aliphatic carbocycles. The van der Waals surface area contributed by atoms with Crippen molar-refractivity contribution in [3.63, 3.8) is 0 Å². The Morgan fingerprint density at radius 2 is 1.57 bits per heavy atom. The van der Waals surface area contributed by atoms with E-state index in [-0.39, 0.29) is 17.9 Å². The van der Waals surface area contributed by atoms with E-state index in [1.807, 2.05) is 65.6 Å². The monoisotopic (exact) mass is 275 g/mol. The summed E-state index contributed by atoms with van der Waals surface area (Å²) in [6, 6.07) is 19.9. The fourth-order valence-corrected chi connectivity index (χ4v) is 2.64. The van der Waals surface area contributed by atoms with Crippen molar-refractivity contribution in [1.82, 2.24) is 0 Å². The maximum Gasteiger partial charge on any atom is 0.236 e. The lowest BCUT2D eigenvalue weighted by molar-refractivity contribution is -0.126. The molecule has 1 saturated heterocycles. The van der Waals surface area contributed by atoms with Crippen molar-refractivity contribution in [3.05, 3.63) is 85.0 Å². The second kappa shape index (κ2) is 5.80. The number of hydrogen-bond acceptors (Lipinski definition) is 1. The number of amides is 1. The van der Waals surface area contributed by atoms with Crippen LogP contribution in [0.25, 0.3) is 6.08 Å². The molecule has 2 aromatic carbocycles. The number of benzene rings is 2. The molecule has 0 N–H and O–H groups in total. The molecular weight excluding hydrogens is 258 g/mol. The van der Waals surface area contributed by atoms with Gasteiger partial charge in [0.05, 0.1) is 12.0 Å². The van der Waals surface area contributed by atoms with Crippen molar-refractivity contribution >= 4 is 17.7 Å². The molecule has 1 fully saturated rings. The summed E-state index contributed by atoms with van der Waals surface area (Å²) < 4.78 is 0. The fourth-order valence-electron chi connectivity index (χ4n) is 2.64. The molecule has 0 bridgehead atoms. The molecule has 0 radical (unpaired) electrons. The Balaban J connectivity index is 1.85. The quantitative estimate of drug-likeness (QED) is 0.612. The van der Waals surface area contributed by atoms with Gasteiger partial charge in [-0.05, 0) is 17.7 Å². The maximum atomic E-state index is 12.2.